The number of anilines is 1. The number of hydrogen-bond donors (Lipinski definition) is 4. The Kier molecular flexibility index (Phi) is 4.74. The fourth-order valence-corrected chi connectivity index (χ4v) is 2.77. The Morgan fingerprint density at radius 2 is 1.72 bits per heavy atom. The molecule has 0 spiro atoms. The van der Waals surface area contributed by atoms with Crippen molar-refractivity contribution < 1.29 is 23.2 Å². The van der Waals surface area contributed by atoms with E-state index in [1.54, 1.807) is 49.4 Å². The molecule has 0 heterocycles. The van der Waals surface area contributed by atoms with Crippen molar-refractivity contribution in [2.24, 2.45) is 0 Å². The minimum atomic E-state index is -2.96. The zero-order chi connectivity index (χ0) is 26.0. The minimum absolute atomic E-state index is 0.0890. The van der Waals surface area contributed by atoms with E-state index in [0.29, 0.717) is 11.1 Å². The molecule has 3 rings (SSSR count). The van der Waals surface area contributed by atoms with Crippen LogP contribution in [0.2, 0.25) is 0 Å². The van der Waals surface area contributed by atoms with E-state index in [1.165, 1.54) is 30.3 Å². The SMILES string of the molecule is [2H]C([2H])(NC([2H])([2H])C([2H])([2H])Nc1cccc(-c2cccc(C(=O)O)c2)c1)[C@H](O)c1cccc(C)c1. The van der Waals surface area contributed by atoms with Gasteiger partial charge in [-0.1, -0.05) is 54.1 Å². The van der Waals surface area contributed by atoms with E-state index < -0.39 is 31.6 Å². The fraction of sp³-hybridized carbons (Fsp3) is 0.208. The van der Waals surface area contributed by atoms with Gasteiger partial charge in [0.2, 0.25) is 0 Å². The molecule has 150 valence electrons. The number of aromatic carboxylic acids is 1. The summed E-state index contributed by atoms with van der Waals surface area (Å²) >= 11 is 0. The number of aryl methyl sites for hydroxylation is 1. The molecule has 0 amide bonds. The lowest BCUT2D eigenvalue weighted by Gasteiger charge is -2.14. The summed E-state index contributed by atoms with van der Waals surface area (Å²) in [5.41, 5.74) is 2.44. The first-order valence-electron chi connectivity index (χ1n) is 12.0. The number of nitrogens with one attached hydrogen (secondary N) is 2. The predicted molar refractivity (Wildman–Crippen MR) is 116 cm³/mol. The Morgan fingerprint density at radius 3 is 2.48 bits per heavy atom. The quantitative estimate of drug-likeness (QED) is 0.438. The van der Waals surface area contributed by atoms with Crippen LogP contribution in [0.4, 0.5) is 5.69 Å². The average molecular weight is 397 g/mol. The summed E-state index contributed by atoms with van der Waals surface area (Å²) in [7, 11) is 0. The summed E-state index contributed by atoms with van der Waals surface area (Å²) in [6.45, 7) is -6.70. The number of benzene rings is 3. The van der Waals surface area contributed by atoms with Crippen molar-refractivity contribution in [1.29, 1.82) is 0 Å². The van der Waals surface area contributed by atoms with Gasteiger partial charge in [0.15, 0.2) is 0 Å². The topological polar surface area (TPSA) is 81.6 Å². The lowest BCUT2D eigenvalue weighted by molar-refractivity contribution is 0.0697. The summed E-state index contributed by atoms with van der Waals surface area (Å²) in [5, 5.41) is 24.2. The van der Waals surface area contributed by atoms with Gasteiger partial charge in [-0.15, -0.1) is 0 Å². The zero-order valence-corrected chi connectivity index (χ0v) is 15.8. The van der Waals surface area contributed by atoms with Gasteiger partial charge in [-0.2, -0.15) is 0 Å². The molecule has 1 atom stereocenters. The van der Waals surface area contributed by atoms with Crippen molar-refractivity contribution in [2.75, 3.05) is 24.8 Å². The second-order valence-electron chi connectivity index (χ2n) is 6.43. The third-order valence-electron chi connectivity index (χ3n) is 4.20. The van der Waals surface area contributed by atoms with Crippen LogP contribution in [0.15, 0.2) is 72.8 Å². The molecular formula is C24H26N2O3. The van der Waals surface area contributed by atoms with Gasteiger partial charge in [-0.3, -0.25) is 0 Å². The molecule has 3 aromatic rings. The molecule has 3 aromatic carbocycles. The number of aliphatic hydroxyl groups is 1. The van der Waals surface area contributed by atoms with Crippen LogP contribution in [0.25, 0.3) is 11.1 Å². The average Bonchev–Trinajstić information content (AvgIpc) is 2.77. The first kappa shape index (κ1) is 13.9. The zero-order valence-electron chi connectivity index (χ0n) is 21.8. The van der Waals surface area contributed by atoms with Gasteiger partial charge in [-0.25, -0.2) is 4.79 Å². The Labute approximate surface area is 179 Å². The minimum Gasteiger partial charge on any atom is -0.478 e. The highest BCUT2D eigenvalue weighted by atomic mass is 16.4. The van der Waals surface area contributed by atoms with Crippen molar-refractivity contribution in [2.45, 2.75) is 13.0 Å². The Bertz CT molecular complexity index is 1220. The molecule has 4 N–H and O–H groups in total. The summed E-state index contributed by atoms with van der Waals surface area (Å²) in [5.74, 6) is -1.08. The van der Waals surface area contributed by atoms with Crippen LogP contribution in [-0.4, -0.2) is 35.7 Å². The Balaban J connectivity index is 1.82. The fourth-order valence-electron chi connectivity index (χ4n) is 2.77. The van der Waals surface area contributed by atoms with E-state index in [4.69, 9.17) is 8.22 Å². The van der Waals surface area contributed by atoms with Crippen molar-refractivity contribution in [3.8, 4) is 11.1 Å². The van der Waals surface area contributed by atoms with Crippen molar-refractivity contribution in [3.63, 3.8) is 0 Å². The number of hydrogen-bond acceptors (Lipinski definition) is 4. The molecule has 0 aliphatic carbocycles. The van der Waals surface area contributed by atoms with Crippen molar-refractivity contribution in [3.05, 3.63) is 89.5 Å². The van der Waals surface area contributed by atoms with Gasteiger partial charge < -0.3 is 20.8 Å². The lowest BCUT2D eigenvalue weighted by atomic mass is 10.0. The van der Waals surface area contributed by atoms with Crippen LogP contribution in [-0.2, 0) is 0 Å². The third kappa shape index (κ3) is 5.91. The maximum atomic E-state index is 11.3. The molecule has 0 bridgehead atoms. The predicted octanol–water partition coefficient (Wildman–Crippen LogP) is 4.10. The molecule has 5 heteroatoms. The second-order valence-corrected chi connectivity index (χ2v) is 6.43. The second kappa shape index (κ2) is 9.87. The van der Waals surface area contributed by atoms with Gasteiger partial charge in [0.1, 0.15) is 0 Å². The normalized spacial score (nSPS) is 16.3. The van der Waals surface area contributed by atoms with Crippen LogP contribution >= 0.6 is 0 Å². The number of carboxylic acids is 1. The molecule has 0 aliphatic rings. The molecule has 29 heavy (non-hydrogen) atoms. The number of aliphatic hydroxyl groups excluding tert-OH is 1. The van der Waals surface area contributed by atoms with E-state index in [9.17, 15) is 15.0 Å². The van der Waals surface area contributed by atoms with Crippen LogP contribution in [0.5, 0.6) is 0 Å². The molecule has 0 radical (unpaired) electrons. The molecule has 5 nitrogen and oxygen atoms in total. The smallest absolute Gasteiger partial charge is 0.335 e. The monoisotopic (exact) mass is 396 g/mol. The highest BCUT2D eigenvalue weighted by molar-refractivity contribution is 5.89. The lowest BCUT2D eigenvalue weighted by Crippen LogP contribution is -2.26. The molecule has 0 fully saturated rings. The van der Waals surface area contributed by atoms with Gasteiger partial charge in [0.25, 0.3) is 0 Å². The summed E-state index contributed by atoms with van der Waals surface area (Å²) in [6.07, 6.45) is -1.75. The van der Waals surface area contributed by atoms with Gasteiger partial charge in [0.05, 0.1) is 14.4 Å². The van der Waals surface area contributed by atoms with E-state index in [0.717, 1.165) is 5.56 Å². The van der Waals surface area contributed by atoms with E-state index >= 15 is 0 Å². The Hall–Kier alpha value is -3.15. The van der Waals surface area contributed by atoms with Crippen molar-refractivity contribution >= 4 is 11.7 Å². The van der Waals surface area contributed by atoms with E-state index in [1.807, 2.05) is 5.32 Å². The summed E-state index contributed by atoms with van der Waals surface area (Å²) in [4.78, 5) is 11.3. The van der Waals surface area contributed by atoms with Gasteiger partial charge in [-0.05, 0) is 47.9 Å². The summed E-state index contributed by atoms with van der Waals surface area (Å²) < 4.78 is 49.4. The third-order valence-corrected chi connectivity index (χ3v) is 4.20. The largest absolute Gasteiger partial charge is 0.478 e. The summed E-state index contributed by atoms with van der Waals surface area (Å²) in [6, 6.07) is 19.0. The maximum Gasteiger partial charge on any atom is 0.335 e. The highest BCUT2D eigenvalue weighted by Crippen LogP contribution is 2.23. The molecule has 0 unspecified atom stereocenters. The number of carbonyl (C=O) groups is 1. The maximum absolute atomic E-state index is 11.3. The number of rotatable bonds is 9. The van der Waals surface area contributed by atoms with E-state index in [-0.39, 0.29) is 16.8 Å². The standard InChI is InChI=1S/C24H26N2O3/c1-17-5-2-8-20(13-17)23(27)16-25-11-12-26-22-10-4-7-19(15-22)18-6-3-9-21(14-18)24(28)29/h2-10,13-15,23,25-27H,11-12,16H2,1H3,(H,28,29)/t23-/m0/s1/i11D2,12D2,16D2. The number of carboxylic acid groups (broad SMARTS) is 1. The van der Waals surface area contributed by atoms with Crippen molar-refractivity contribution in [1.82, 2.24) is 5.32 Å². The van der Waals surface area contributed by atoms with Crippen LogP contribution < -0.4 is 10.6 Å². The van der Waals surface area contributed by atoms with E-state index in [2.05, 4.69) is 5.32 Å². The highest BCUT2D eigenvalue weighted by Gasteiger charge is 2.07. The molecule has 0 aliphatic heterocycles. The molecule has 0 saturated carbocycles. The molecule has 0 saturated heterocycles. The van der Waals surface area contributed by atoms with Gasteiger partial charge >= 0.3 is 5.97 Å². The van der Waals surface area contributed by atoms with Crippen LogP contribution in [0, 0.1) is 6.92 Å². The molecular weight excluding hydrogens is 364 g/mol. The Morgan fingerprint density at radius 1 is 1.00 bits per heavy atom. The first-order chi connectivity index (χ1) is 16.2. The van der Waals surface area contributed by atoms with Crippen LogP contribution in [0.3, 0.4) is 0 Å². The van der Waals surface area contributed by atoms with Crippen LogP contribution in [0.1, 0.15) is 35.8 Å². The first-order valence-corrected chi connectivity index (χ1v) is 8.98. The molecule has 0 aromatic heterocycles. The van der Waals surface area contributed by atoms with Gasteiger partial charge in [0, 0.05) is 30.7 Å².